The first-order chi connectivity index (χ1) is 20.8. The molecule has 0 spiro atoms. The number of hydrogen-bond donors (Lipinski definition) is 0. The first-order valence-electron chi connectivity index (χ1n) is 15.9. The third kappa shape index (κ3) is 10.3. The Kier molecular flexibility index (Phi) is 14.8. The predicted octanol–water partition coefficient (Wildman–Crippen LogP) is 5.95. The van der Waals surface area contributed by atoms with E-state index in [1.165, 1.54) is 85.6 Å². The van der Waals surface area contributed by atoms with Crippen molar-refractivity contribution in [1.29, 1.82) is 0 Å². The molecule has 3 heteroatoms. The summed E-state index contributed by atoms with van der Waals surface area (Å²) in [7, 11) is 0. The summed E-state index contributed by atoms with van der Waals surface area (Å²) < 4.78 is 1.55. The van der Waals surface area contributed by atoms with Gasteiger partial charge in [-0.25, -0.2) is 5.57 Å². The Hall–Kier alpha value is -2.44. The Balaban J connectivity index is 0.000000254. The molecular weight excluding hydrogens is 679 g/mol. The van der Waals surface area contributed by atoms with Crippen molar-refractivity contribution in [2.75, 3.05) is 0 Å². The van der Waals surface area contributed by atoms with Crippen LogP contribution in [-0.4, -0.2) is 3.21 Å². The Morgan fingerprint density at radius 1 is 0.717 bits per heavy atom. The van der Waals surface area contributed by atoms with Crippen LogP contribution in [0, 0.1) is 12.0 Å². The zero-order chi connectivity index (χ0) is 32.1. The van der Waals surface area contributed by atoms with Crippen molar-refractivity contribution in [3.05, 3.63) is 143 Å². The molecule has 1 aliphatic carbocycles. The van der Waals surface area contributed by atoms with Crippen LogP contribution in [-0.2, 0) is 35.1 Å². The van der Waals surface area contributed by atoms with Crippen LogP contribution in [0.5, 0.6) is 0 Å². The van der Waals surface area contributed by atoms with Gasteiger partial charge in [0.1, 0.15) is 0 Å². The quantitative estimate of drug-likeness (QED) is 0.202. The molecular formula is C43H48Cl2Zr-2. The third-order valence-electron chi connectivity index (χ3n) is 8.26. The molecule has 0 heterocycles. The summed E-state index contributed by atoms with van der Waals surface area (Å²) in [6.45, 7) is 20.1. The van der Waals surface area contributed by atoms with Crippen molar-refractivity contribution in [3.63, 3.8) is 0 Å². The number of rotatable bonds is 3. The van der Waals surface area contributed by atoms with Gasteiger partial charge < -0.3 is 24.8 Å². The summed E-state index contributed by atoms with van der Waals surface area (Å²) in [6, 6.07) is 37.3. The topological polar surface area (TPSA) is 0 Å². The fourth-order valence-corrected chi connectivity index (χ4v) is 5.97. The summed E-state index contributed by atoms with van der Waals surface area (Å²) in [5.41, 5.74) is 8.54. The third-order valence-corrected chi connectivity index (χ3v) is 9.84. The van der Waals surface area contributed by atoms with Crippen molar-refractivity contribution in [2.24, 2.45) is 5.92 Å². The molecule has 240 valence electrons. The Labute approximate surface area is 305 Å². The Morgan fingerprint density at radius 3 is 1.57 bits per heavy atom. The van der Waals surface area contributed by atoms with Crippen LogP contribution in [0.25, 0.3) is 27.1 Å². The smallest absolute Gasteiger partial charge is 1.00 e. The molecule has 5 aromatic rings. The molecule has 0 aliphatic heterocycles. The first kappa shape index (κ1) is 39.7. The molecule has 0 N–H and O–H groups in total. The molecule has 0 fully saturated rings. The first-order valence-corrected chi connectivity index (χ1v) is 17.2. The Bertz CT molecular complexity index is 1710. The molecule has 1 atom stereocenters. The van der Waals surface area contributed by atoms with Crippen molar-refractivity contribution in [3.8, 4) is 0 Å². The van der Waals surface area contributed by atoms with Crippen molar-refractivity contribution >= 4 is 30.3 Å². The van der Waals surface area contributed by atoms with Crippen LogP contribution in [0.2, 0.25) is 0 Å². The molecule has 0 saturated carbocycles. The van der Waals surface area contributed by atoms with Crippen LogP contribution in [0.15, 0.2) is 115 Å². The number of allylic oxidation sites excluding steroid dienone is 4. The van der Waals surface area contributed by atoms with E-state index >= 15 is 0 Å². The average molecular weight is 727 g/mol. The van der Waals surface area contributed by atoms with E-state index in [0.29, 0.717) is 5.92 Å². The van der Waals surface area contributed by atoms with Gasteiger partial charge in [0.15, 0.2) is 0 Å². The van der Waals surface area contributed by atoms with Gasteiger partial charge in [0.2, 0.25) is 0 Å². The maximum absolute atomic E-state index is 3.39. The van der Waals surface area contributed by atoms with E-state index in [-0.39, 0.29) is 35.6 Å². The van der Waals surface area contributed by atoms with Crippen LogP contribution < -0.4 is 24.8 Å². The summed E-state index contributed by atoms with van der Waals surface area (Å²) in [6.07, 6.45) is 6.84. The number of fused-ring (bicyclic) bond motifs is 3. The van der Waals surface area contributed by atoms with Crippen LogP contribution in [0.3, 0.4) is 0 Å². The minimum absolute atomic E-state index is 0. The van der Waals surface area contributed by atoms with Gasteiger partial charge >= 0.3 is 76.7 Å². The van der Waals surface area contributed by atoms with E-state index in [1.807, 2.05) is 6.07 Å². The van der Waals surface area contributed by atoms with Crippen LogP contribution in [0.1, 0.15) is 91.0 Å². The summed E-state index contributed by atoms with van der Waals surface area (Å²) >= 11 is 1.54. The zero-order valence-corrected chi connectivity index (χ0v) is 32.9. The van der Waals surface area contributed by atoms with Gasteiger partial charge in [0.25, 0.3) is 0 Å². The molecule has 0 nitrogen and oxygen atoms in total. The molecule has 0 bridgehead atoms. The van der Waals surface area contributed by atoms with E-state index in [4.69, 9.17) is 0 Å². The normalized spacial score (nSPS) is 14.1. The summed E-state index contributed by atoms with van der Waals surface area (Å²) in [5, 5.41) is 5.48. The number of hydrogen-bond acceptors (Lipinski definition) is 0. The van der Waals surface area contributed by atoms with E-state index in [2.05, 4.69) is 172 Å². The zero-order valence-electron chi connectivity index (χ0n) is 28.9. The van der Waals surface area contributed by atoms with E-state index < -0.39 is 0 Å². The number of benzene rings is 4. The second-order valence-electron chi connectivity index (χ2n) is 14.0. The maximum atomic E-state index is 3.39. The molecule has 0 amide bonds. The van der Waals surface area contributed by atoms with Crippen molar-refractivity contribution in [2.45, 2.75) is 79.6 Å². The molecule has 1 aliphatic rings. The van der Waals surface area contributed by atoms with Gasteiger partial charge in [-0.3, -0.25) is 6.08 Å². The monoisotopic (exact) mass is 724 g/mol. The van der Waals surface area contributed by atoms with Gasteiger partial charge in [-0.05, 0) is 10.8 Å². The van der Waals surface area contributed by atoms with Crippen molar-refractivity contribution < 1.29 is 49.0 Å². The molecule has 46 heavy (non-hydrogen) atoms. The van der Waals surface area contributed by atoms with Gasteiger partial charge in [0, 0.05) is 0 Å². The maximum Gasteiger partial charge on any atom is -1.00 e. The van der Waals surface area contributed by atoms with E-state index in [0.717, 1.165) is 0 Å². The molecule has 1 unspecified atom stereocenters. The van der Waals surface area contributed by atoms with E-state index in [1.54, 1.807) is 3.21 Å². The fraction of sp³-hybridized carbons (Fsp3) is 0.302. The predicted molar refractivity (Wildman–Crippen MR) is 191 cm³/mol. The van der Waals surface area contributed by atoms with Gasteiger partial charge in [-0.1, -0.05) is 127 Å². The molecule has 0 aromatic heterocycles. The molecule has 0 saturated heterocycles. The molecule has 5 aromatic carbocycles. The van der Waals surface area contributed by atoms with E-state index in [9.17, 15) is 0 Å². The molecule has 6 rings (SSSR count). The van der Waals surface area contributed by atoms with Crippen LogP contribution >= 0.6 is 0 Å². The number of halogens is 2. The second-order valence-corrected chi connectivity index (χ2v) is 15.4. The summed E-state index contributed by atoms with van der Waals surface area (Å²) in [5.74, 6) is 0.468. The summed E-state index contributed by atoms with van der Waals surface area (Å²) in [4.78, 5) is 0. The minimum atomic E-state index is 0. The Morgan fingerprint density at radius 2 is 1.17 bits per heavy atom. The second kappa shape index (κ2) is 17.1. The fourth-order valence-electron chi connectivity index (χ4n) is 5.57. The largest absolute Gasteiger partial charge is 1.00 e. The van der Waals surface area contributed by atoms with Crippen molar-refractivity contribution in [1.82, 2.24) is 0 Å². The van der Waals surface area contributed by atoms with Crippen LogP contribution in [0.4, 0.5) is 0 Å². The molecule has 0 radical (unpaired) electrons. The van der Waals surface area contributed by atoms with Gasteiger partial charge in [0.05, 0.1) is 0 Å². The standard InChI is InChI=1S/C21H25.C13H13.C9H10.2ClH.Zr/c1-20(2,3)16-7-9-18-14(12-16)11-15-13-17(21(4,5)6)8-10-19(15)18;1-10-8-11(2)13(9-10)12-6-4-3-5-7-12;1-2-6-9-7-4-3-5-8-9;;;/h7-13H,1-6H3;3-7,9-10H,1-2H3;3-5,7-8H,2H2,1H3;2*1H;/q2*-1;;;;+2/p-2. The SMILES string of the molecule is CC(C)(C)c1ccc2c(c1)[cH-]c1cc(C(C)(C)C)ccc12.CC1=[C-]C(C)C=C1c1ccccc1.CC[C](=[Zr+2])c1ccccc1.[Cl-].[Cl-]. The average Bonchev–Trinajstić information content (AvgIpc) is 3.55. The minimum Gasteiger partial charge on any atom is -1.00 e. The van der Waals surface area contributed by atoms with Gasteiger partial charge in [-0.15, -0.1) is 45.3 Å². The van der Waals surface area contributed by atoms with Gasteiger partial charge in [-0.2, -0.15) is 11.6 Å².